The first-order chi connectivity index (χ1) is 12.2. The first kappa shape index (κ1) is 20.2. The Kier molecular flexibility index (Phi) is 6.62. The second kappa shape index (κ2) is 8.52. The predicted molar refractivity (Wildman–Crippen MR) is 101 cm³/mol. The molecule has 1 unspecified atom stereocenters. The maximum absolute atomic E-state index is 13.3. The van der Waals surface area contributed by atoms with Crippen LogP contribution in [-0.4, -0.2) is 51.0 Å². The fourth-order valence-electron chi connectivity index (χ4n) is 3.12. The third-order valence-corrected chi connectivity index (χ3v) is 4.42. The van der Waals surface area contributed by atoms with Crippen molar-refractivity contribution >= 4 is 12.0 Å². The fourth-order valence-corrected chi connectivity index (χ4v) is 3.12. The van der Waals surface area contributed by atoms with Gasteiger partial charge < -0.3 is 9.64 Å². The summed E-state index contributed by atoms with van der Waals surface area (Å²) in [5.74, 6) is -0.0117. The number of ether oxygens (including phenoxy) is 1. The topological polar surface area (TPSA) is 62.7 Å². The first-order valence-electron chi connectivity index (χ1n) is 9.38. The van der Waals surface area contributed by atoms with Gasteiger partial charge in [0, 0.05) is 31.5 Å². The maximum atomic E-state index is 13.3. The molecule has 2 amide bonds. The Morgan fingerprint density at radius 3 is 2.50 bits per heavy atom. The van der Waals surface area contributed by atoms with Crippen LogP contribution in [0.1, 0.15) is 59.4 Å². The third kappa shape index (κ3) is 5.44. The molecule has 26 heavy (non-hydrogen) atoms. The Balaban J connectivity index is 2.17. The standard InChI is InChI=1S/C20H31N3O3/c1-15(2)23(14-16-9-11-21-12-10-16)18(24)17-8-6-7-13-22(17)19(25)26-20(3,4)5/h9-12,15,17H,6-8,13-14H2,1-5H3. The molecule has 0 bridgehead atoms. The van der Waals surface area contributed by atoms with E-state index >= 15 is 0 Å². The zero-order valence-corrected chi connectivity index (χ0v) is 16.6. The van der Waals surface area contributed by atoms with Gasteiger partial charge in [-0.15, -0.1) is 0 Å². The Labute approximate surface area is 156 Å². The Hall–Kier alpha value is -2.11. The van der Waals surface area contributed by atoms with E-state index in [-0.39, 0.29) is 11.9 Å². The van der Waals surface area contributed by atoms with Crippen molar-refractivity contribution in [1.29, 1.82) is 0 Å². The zero-order chi connectivity index (χ0) is 19.3. The fraction of sp³-hybridized carbons (Fsp3) is 0.650. The van der Waals surface area contributed by atoms with E-state index in [4.69, 9.17) is 4.74 Å². The van der Waals surface area contributed by atoms with Crippen LogP contribution >= 0.6 is 0 Å². The molecule has 1 aliphatic heterocycles. The second-order valence-electron chi connectivity index (χ2n) is 8.10. The van der Waals surface area contributed by atoms with Gasteiger partial charge in [0.15, 0.2) is 0 Å². The van der Waals surface area contributed by atoms with Crippen LogP contribution in [0, 0.1) is 0 Å². The molecule has 1 saturated heterocycles. The lowest BCUT2D eigenvalue weighted by Crippen LogP contribution is -2.55. The van der Waals surface area contributed by atoms with E-state index in [0.29, 0.717) is 19.5 Å². The summed E-state index contributed by atoms with van der Waals surface area (Å²) in [6, 6.07) is 3.41. The molecule has 0 aromatic carbocycles. The highest BCUT2D eigenvalue weighted by Gasteiger charge is 2.37. The summed E-state index contributed by atoms with van der Waals surface area (Å²) < 4.78 is 5.52. The predicted octanol–water partition coefficient (Wildman–Crippen LogP) is 3.61. The number of rotatable bonds is 4. The SMILES string of the molecule is CC(C)N(Cc1ccncc1)C(=O)C1CCCCN1C(=O)OC(C)(C)C. The Morgan fingerprint density at radius 2 is 1.92 bits per heavy atom. The third-order valence-electron chi connectivity index (χ3n) is 4.42. The van der Waals surface area contributed by atoms with Crippen molar-refractivity contribution in [2.24, 2.45) is 0 Å². The number of carbonyl (C=O) groups excluding carboxylic acids is 2. The maximum Gasteiger partial charge on any atom is 0.410 e. The van der Waals surface area contributed by atoms with Crippen LogP contribution in [0.3, 0.4) is 0 Å². The minimum absolute atomic E-state index is 0.0117. The summed E-state index contributed by atoms with van der Waals surface area (Å²) >= 11 is 0. The van der Waals surface area contributed by atoms with Crippen LogP contribution in [0.4, 0.5) is 4.79 Å². The molecular formula is C20H31N3O3. The number of piperidine rings is 1. The second-order valence-corrected chi connectivity index (χ2v) is 8.10. The Bertz CT molecular complexity index is 610. The molecule has 1 aliphatic rings. The summed E-state index contributed by atoms with van der Waals surface area (Å²) in [5, 5.41) is 0. The van der Waals surface area contributed by atoms with Crippen molar-refractivity contribution < 1.29 is 14.3 Å². The number of likely N-dealkylation sites (tertiary alicyclic amines) is 1. The molecule has 1 aromatic rings. The van der Waals surface area contributed by atoms with Crippen molar-refractivity contribution in [3.05, 3.63) is 30.1 Å². The summed E-state index contributed by atoms with van der Waals surface area (Å²) in [6.45, 7) is 10.6. The number of carbonyl (C=O) groups is 2. The Morgan fingerprint density at radius 1 is 1.27 bits per heavy atom. The van der Waals surface area contributed by atoms with E-state index < -0.39 is 17.7 Å². The molecule has 6 heteroatoms. The minimum atomic E-state index is -0.573. The van der Waals surface area contributed by atoms with Crippen LogP contribution in [0.5, 0.6) is 0 Å². The number of hydrogen-bond acceptors (Lipinski definition) is 4. The number of nitrogens with zero attached hydrogens (tertiary/aromatic N) is 3. The zero-order valence-electron chi connectivity index (χ0n) is 16.6. The van der Waals surface area contributed by atoms with E-state index in [0.717, 1.165) is 18.4 Å². The van der Waals surface area contributed by atoms with Crippen molar-refractivity contribution in [3.63, 3.8) is 0 Å². The normalized spacial score (nSPS) is 17.9. The van der Waals surface area contributed by atoms with Crippen molar-refractivity contribution in [1.82, 2.24) is 14.8 Å². The monoisotopic (exact) mass is 361 g/mol. The van der Waals surface area contributed by atoms with Gasteiger partial charge in [0.05, 0.1) is 0 Å². The van der Waals surface area contributed by atoms with Gasteiger partial charge in [-0.05, 0) is 71.6 Å². The van der Waals surface area contributed by atoms with Crippen molar-refractivity contribution in [3.8, 4) is 0 Å². The molecule has 6 nitrogen and oxygen atoms in total. The van der Waals surface area contributed by atoms with E-state index in [2.05, 4.69) is 4.98 Å². The van der Waals surface area contributed by atoms with Crippen LogP contribution < -0.4 is 0 Å². The number of hydrogen-bond donors (Lipinski definition) is 0. The average Bonchev–Trinajstić information content (AvgIpc) is 2.58. The number of amides is 2. The quantitative estimate of drug-likeness (QED) is 0.822. The lowest BCUT2D eigenvalue weighted by molar-refractivity contribution is -0.140. The van der Waals surface area contributed by atoms with Gasteiger partial charge in [0.2, 0.25) is 5.91 Å². The molecule has 0 saturated carbocycles. The van der Waals surface area contributed by atoms with Crippen molar-refractivity contribution in [2.45, 2.75) is 78.1 Å². The summed E-state index contributed by atoms with van der Waals surface area (Å²) in [6.07, 6.45) is 5.57. The van der Waals surface area contributed by atoms with Gasteiger partial charge >= 0.3 is 6.09 Å². The smallest absolute Gasteiger partial charge is 0.410 e. The van der Waals surface area contributed by atoms with E-state index in [9.17, 15) is 9.59 Å². The highest BCUT2D eigenvalue weighted by molar-refractivity contribution is 5.86. The highest BCUT2D eigenvalue weighted by Crippen LogP contribution is 2.23. The average molecular weight is 361 g/mol. The van der Waals surface area contributed by atoms with E-state index in [1.807, 2.05) is 51.7 Å². The van der Waals surface area contributed by atoms with E-state index in [1.165, 1.54) is 0 Å². The lowest BCUT2D eigenvalue weighted by Gasteiger charge is -2.39. The van der Waals surface area contributed by atoms with Gasteiger partial charge in [-0.25, -0.2) is 4.79 Å². The molecule has 0 aliphatic carbocycles. The lowest BCUT2D eigenvalue weighted by atomic mass is 10.0. The molecule has 1 aromatic heterocycles. The van der Waals surface area contributed by atoms with E-state index in [1.54, 1.807) is 17.3 Å². The van der Waals surface area contributed by atoms with Crippen molar-refractivity contribution in [2.75, 3.05) is 6.54 Å². The summed E-state index contributed by atoms with van der Waals surface area (Å²) in [4.78, 5) is 33.4. The van der Waals surface area contributed by atoms with Crippen LogP contribution in [0.2, 0.25) is 0 Å². The summed E-state index contributed by atoms with van der Waals surface area (Å²) in [7, 11) is 0. The molecule has 1 atom stereocenters. The molecule has 0 N–H and O–H groups in total. The first-order valence-corrected chi connectivity index (χ1v) is 9.38. The molecule has 1 fully saturated rings. The summed E-state index contributed by atoms with van der Waals surface area (Å²) in [5.41, 5.74) is 0.457. The van der Waals surface area contributed by atoms with Gasteiger partial charge in [-0.1, -0.05) is 0 Å². The van der Waals surface area contributed by atoms with Crippen LogP contribution in [0.25, 0.3) is 0 Å². The molecular weight excluding hydrogens is 330 g/mol. The van der Waals surface area contributed by atoms with Gasteiger partial charge in [0.25, 0.3) is 0 Å². The molecule has 0 radical (unpaired) electrons. The molecule has 2 rings (SSSR count). The molecule has 2 heterocycles. The minimum Gasteiger partial charge on any atom is -0.444 e. The van der Waals surface area contributed by atoms with Crippen LogP contribution in [-0.2, 0) is 16.1 Å². The van der Waals surface area contributed by atoms with Crippen LogP contribution in [0.15, 0.2) is 24.5 Å². The van der Waals surface area contributed by atoms with Gasteiger partial charge in [-0.3, -0.25) is 14.7 Å². The highest BCUT2D eigenvalue weighted by atomic mass is 16.6. The largest absolute Gasteiger partial charge is 0.444 e. The molecule has 0 spiro atoms. The number of pyridine rings is 1. The number of aromatic nitrogens is 1. The molecule has 144 valence electrons. The van der Waals surface area contributed by atoms with Gasteiger partial charge in [0.1, 0.15) is 11.6 Å². The van der Waals surface area contributed by atoms with Gasteiger partial charge in [-0.2, -0.15) is 0 Å².